The first-order valence-electron chi connectivity index (χ1n) is 7.70. The van der Waals surface area contributed by atoms with Gasteiger partial charge in [0.2, 0.25) is 0 Å². The zero-order chi connectivity index (χ0) is 13.8. The summed E-state index contributed by atoms with van der Waals surface area (Å²) >= 11 is 0. The Labute approximate surface area is 120 Å². The maximum atomic E-state index is 4.62. The number of aromatic amines is 1. The van der Waals surface area contributed by atoms with Gasteiger partial charge in [-0.3, -0.25) is 0 Å². The smallest absolute Gasteiger partial charge is 0.137 e. The molecule has 0 aliphatic carbocycles. The molecule has 2 N–H and O–H groups in total. The molecule has 1 fully saturated rings. The number of rotatable bonds is 6. The topological polar surface area (TPSA) is 44.0 Å². The molecule has 20 heavy (non-hydrogen) atoms. The molecule has 1 unspecified atom stereocenters. The number of hydrogen-bond acceptors (Lipinski definition) is 3. The SMILES string of the molecule is CC(CCN1CCCC1)NCc1ccc2cc[nH]c2n1. The van der Waals surface area contributed by atoms with E-state index in [2.05, 4.69) is 45.3 Å². The standard InChI is InChI=1S/C16H24N4/c1-13(7-11-20-9-2-3-10-20)18-12-15-5-4-14-6-8-17-16(14)19-15/h4-6,8,13,18H,2-3,7,9-12H2,1H3,(H,17,19). The summed E-state index contributed by atoms with van der Waals surface area (Å²) in [6.45, 7) is 6.91. The van der Waals surface area contributed by atoms with E-state index < -0.39 is 0 Å². The Kier molecular flexibility index (Phi) is 4.33. The van der Waals surface area contributed by atoms with Crippen LogP contribution in [0.5, 0.6) is 0 Å². The molecular weight excluding hydrogens is 248 g/mol. The first-order valence-corrected chi connectivity index (χ1v) is 7.70. The second kappa shape index (κ2) is 6.37. The van der Waals surface area contributed by atoms with Gasteiger partial charge in [0.1, 0.15) is 5.65 Å². The third kappa shape index (κ3) is 3.38. The van der Waals surface area contributed by atoms with Crippen molar-refractivity contribution >= 4 is 11.0 Å². The number of aromatic nitrogens is 2. The predicted octanol–water partition coefficient (Wildman–Crippen LogP) is 2.53. The molecule has 0 aromatic carbocycles. The second-order valence-electron chi connectivity index (χ2n) is 5.84. The van der Waals surface area contributed by atoms with E-state index >= 15 is 0 Å². The van der Waals surface area contributed by atoms with Crippen LogP contribution < -0.4 is 5.32 Å². The van der Waals surface area contributed by atoms with Crippen molar-refractivity contribution in [3.63, 3.8) is 0 Å². The molecule has 0 amide bonds. The van der Waals surface area contributed by atoms with E-state index in [9.17, 15) is 0 Å². The molecule has 108 valence electrons. The number of fused-ring (bicyclic) bond motifs is 1. The summed E-state index contributed by atoms with van der Waals surface area (Å²) in [6, 6.07) is 6.83. The fourth-order valence-electron chi connectivity index (χ4n) is 2.83. The first kappa shape index (κ1) is 13.6. The van der Waals surface area contributed by atoms with Gasteiger partial charge in [-0.05, 0) is 64.0 Å². The van der Waals surface area contributed by atoms with E-state index in [1.54, 1.807) is 0 Å². The highest BCUT2D eigenvalue weighted by Crippen LogP contribution is 2.11. The van der Waals surface area contributed by atoms with Crippen molar-refractivity contribution in [3.05, 3.63) is 30.1 Å². The van der Waals surface area contributed by atoms with E-state index in [-0.39, 0.29) is 0 Å². The summed E-state index contributed by atoms with van der Waals surface area (Å²) < 4.78 is 0. The van der Waals surface area contributed by atoms with Crippen LogP contribution in [0.2, 0.25) is 0 Å². The fraction of sp³-hybridized carbons (Fsp3) is 0.562. The van der Waals surface area contributed by atoms with Crippen LogP contribution in [0.3, 0.4) is 0 Å². The Hall–Kier alpha value is -1.39. The minimum absolute atomic E-state index is 0.539. The summed E-state index contributed by atoms with van der Waals surface area (Å²) in [4.78, 5) is 10.4. The van der Waals surface area contributed by atoms with Crippen LogP contribution in [0.25, 0.3) is 11.0 Å². The highest BCUT2D eigenvalue weighted by atomic mass is 15.1. The van der Waals surface area contributed by atoms with Crippen LogP contribution in [0.15, 0.2) is 24.4 Å². The van der Waals surface area contributed by atoms with Gasteiger partial charge in [0.15, 0.2) is 0 Å². The van der Waals surface area contributed by atoms with Crippen molar-refractivity contribution in [2.24, 2.45) is 0 Å². The molecular formula is C16H24N4. The van der Waals surface area contributed by atoms with Crippen LogP contribution in [-0.4, -0.2) is 40.5 Å². The lowest BCUT2D eigenvalue weighted by Gasteiger charge is -2.19. The van der Waals surface area contributed by atoms with Crippen molar-refractivity contribution < 1.29 is 0 Å². The van der Waals surface area contributed by atoms with Crippen LogP contribution in [0.4, 0.5) is 0 Å². The van der Waals surface area contributed by atoms with Gasteiger partial charge in [-0.15, -0.1) is 0 Å². The van der Waals surface area contributed by atoms with Crippen LogP contribution >= 0.6 is 0 Å². The number of likely N-dealkylation sites (tertiary alicyclic amines) is 1. The molecule has 1 aliphatic heterocycles. The Balaban J connectivity index is 1.45. The van der Waals surface area contributed by atoms with E-state index in [1.165, 1.54) is 44.3 Å². The largest absolute Gasteiger partial charge is 0.346 e. The molecule has 4 nitrogen and oxygen atoms in total. The second-order valence-corrected chi connectivity index (χ2v) is 5.84. The first-order chi connectivity index (χ1) is 9.81. The van der Waals surface area contributed by atoms with Crippen molar-refractivity contribution in [1.82, 2.24) is 20.2 Å². The average molecular weight is 272 g/mol. The molecule has 2 aromatic rings. The minimum Gasteiger partial charge on any atom is -0.346 e. The average Bonchev–Trinajstić information content (AvgIpc) is 3.13. The van der Waals surface area contributed by atoms with Crippen LogP contribution in [-0.2, 0) is 6.54 Å². The van der Waals surface area contributed by atoms with Crippen LogP contribution in [0.1, 0.15) is 31.9 Å². The van der Waals surface area contributed by atoms with Gasteiger partial charge in [0.25, 0.3) is 0 Å². The highest BCUT2D eigenvalue weighted by molar-refractivity contribution is 5.75. The molecule has 0 spiro atoms. The van der Waals surface area contributed by atoms with Crippen molar-refractivity contribution in [2.75, 3.05) is 19.6 Å². The minimum atomic E-state index is 0.539. The van der Waals surface area contributed by atoms with Gasteiger partial charge in [-0.25, -0.2) is 4.98 Å². The molecule has 4 heteroatoms. The Morgan fingerprint density at radius 2 is 2.15 bits per heavy atom. The number of nitrogens with one attached hydrogen (secondary N) is 2. The van der Waals surface area contributed by atoms with Crippen LogP contribution in [0, 0.1) is 0 Å². The quantitative estimate of drug-likeness (QED) is 0.849. The third-order valence-electron chi connectivity index (χ3n) is 4.18. The zero-order valence-corrected chi connectivity index (χ0v) is 12.2. The van der Waals surface area contributed by atoms with Crippen molar-refractivity contribution in [3.8, 4) is 0 Å². The Morgan fingerprint density at radius 1 is 1.30 bits per heavy atom. The lowest BCUT2D eigenvalue weighted by atomic mass is 10.2. The zero-order valence-electron chi connectivity index (χ0n) is 12.2. The molecule has 0 radical (unpaired) electrons. The summed E-state index contributed by atoms with van der Waals surface area (Å²) in [5, 5.41) is 4.75. The lowest BCUT2D eigenvalue weighted by Crippen LogP contribution is -2.31. The molecule has 3 rings (SSSR count). The molecule has 1 atom stereocenters. The van der Waals surface area contributed by atoms with E-state index in [0.29, 0.717) is 6.04 Å². The summed E-state index contributed by atoms with van der Waals surface area (Å²) in [7, 11) is 0. The van der Waals surface area contributed by atoms with Crippen molar-refractivity contribution in [1.29, 1.82) is 0 Å². The predicted molar refractivity (Wildman–Crippen MR) is 82.7 cm³/mol. The van der Waals surface area contributed by atoms with Gasteiger partial charge in [0, 0.05) is 24.2 Å². The number of H-pyrrole nitrogens is 1. The number of pyridine rings is 1. The van der Waals surface area contributed by atoms with Gasteiger partial charge in [0.05, 0.1) is 5.69 Å². The van der Waals surface area contributed by atoms with E-state index in [0.717, 1.165) is 17.9 Å². The summed E-state index contributed by atoms with van der Waals surface area (Å²) in [6.07, 6.45) is 5.90. The molecule has 1 saturated heterocycles. The van der Waals surface area contributed by atoms with Gasteiger partial charge in [-0.1, -0.05) is 0 Å². The molecule has 3 heterocycles. The fourth-order valence-corrected chi connectivity index (χ4v) is 2.83. The van der Waals surface area contributed by atoms with E-state index in [1.807, 2.05) is 6.20 Å². The molecule has 1 aliphatic rings. The number of hydrogen-bond donors (Lipinski definition) is 2. The monoisotopic (exact) mass is 272 g/mol. The van der Waals surface area contributed by atoms with Gasteiger partial charge in [-0.2, -0.15) is 0 Å². The van der Waals surface area contributed by atoms with E-state index in [4.69, 9.17) is 0 Å². The third-order valence-corrected chi connectivity index (χ3v) is 4.18. The summed E-state index contributed by atoms with van der Waals surface area (Å²) in [5.74, 6) is 0. The maximum absolute atomic E-state index is 4.62. The molecule has 2 aromatic heterocycles. The highest BCUT2D eigenvalue weighted by Gasteiger charge is 2.12. The normalized spacial score (nSPS) is 17.9. The molecule has 0 bridgehead atoms. The van der Waals surface area contributed by atoms with Gasteiger partial charge >= 0.3 is 0 Å². The maximum Gasteiger partial charge on any atom is 0.137 e. The Morgan fingerprint density at radius 3 is 3.00 bits per heavy atom. The van der Waals surface area contributed by atoms with Gasteiger partial charge < -0.3 is 15.2 Å². The Bertz CT molecular complexity index is 542. The summed E-state index contributed by atoms with van der Waals surface area (Å²) in [5.41, 5.74) is 2.09. The van der Waals surface area contributed by atoms with Crippen molar-refractivity contribution in [2.45, 2.75) is 38.8 Å². The molecule has 0 saturated carbocycles. The lowest BCUT2D eigenvalue weighted by molar-refractivity contribution is 0.313. The number of nitrogens with zero attached hydrogens (tertiary/aromatic N) is 2.